The third-order valence-corrected chi connectivity index (χ3v) is 2.25. The van der Waals surface area contributed by atoms with E-state index in [1.165, 1.54) is 0 Å². The monoisotopic (exact) mass is 204 g/mol. The van der Waals surface area contributed by atoms with Crippen LogP contribution in [0.1, 0.15) is 17.1 Å². The maximum Gasteiger partial charge on any atom is 0.0929 e. The first kappa shape index (κ1) is 9.79. The molecular weight excluding hydrogens is 192 g/mol. The number of hydrogen-bond donors (Lipinski definition) is 1. The molecule has 0 bridgehead atoms. The summed E-state index contributed by atoms with van der Waals surface area (Å²) in [6.45, 7) is 3.66. The van der Waals surface area contributed by atoms with E-state index in [-0.39, 0.29) is 6.61 Å². The molecule has 0 aliphatic rings. The van der Waals surface area contributed by atoms with Gasteiger partial charge >= 0.3 is 0 Å². The molecule has 1 N–H and O–H groups in total. The minimum atomic E-state index is -0.0767. The molecule has 0 fully saturated rings. The van der Waals surface area contributed by atoms with Crippen molar-refractivity contribution in [3.8, 4) is 5.69 Å². The number of nitrogens with zero attached hydrogens (tertiary/aromatic N) is 4. The summed E-state index contributed by atoms with van der Waals surface area (Å²) in [5.41, 5.74) is 3.19. The summed E-state index contributed by atoms with van der Waals surface area (Å²) in [6, 6.07) is 3.79. The van der Waals surface area contributed by atoms with E-state index in [2.05, 4.69) is 15.3 Å². The van der Waals surface area contributed by atoms with Crippen LogP contribution in [0.5, 0.6) is 0 Å². The van der Waals surface area contributed by atoms with Crippen LogP contribution in [0.4, 0.5) is 0 Å². The van der Waals surface area contributed by atoms with Crippen LogP contribution in [0.25, 0.3) is 5.69 Å². The number of rotatable bonds is 2. The van der Waals surface area contributed by atoms with Crippen molar-refractivity contribution in [3.05, 3.63) is 35.4 Å². The molecule has 0 amide bonds. The number of hydrogen-bond acceptors (Lipinski definition) is 4. The van der Waals surface area contributed by atoms with E-state index >= 15 is 0 Å². The molecule has 0 aliphatic carbocycles. The zero-order valence-corrected chi connectivity index (χ0v) is 8.68. The third-order valence-electron chi connectivity index (χ3n) is 2.25. The molecule has 0 spiro atoms. The highest BCUT2D eigenvalue weighted by molar-refractivity contribution is 5.31. The van der Waals surface area contributed by atoms with Crippen molar-refractivity contribution in [2.75, 3.05) is 0 Å². The van der Waals surface area contributed by atoms with Crippen molar-refractivity contribution in [2.24, 2.45) is 0 Å². The molecule has 78 valence electrons. The minimum absolute atomic E-state index is 0.0767. The summed E-state index contributed by atoms with van der Waals surface area (Å²) in [5, 5.41) is 17.0. The maximum atomic E-state index is 9.18. The number of pyridine rings is 1. The van der Waals surface area contributed by atoms with Gasteiger partial charge < -0.3 is 5.11 Å². The summed E-state index contributed by atoms with van der Waals surface area (Å²) in [7, 11) is 0. The molecule has 0 aromatic carbocycles. The van der Waals surface area contributed by atoms with Crippen LogP contribution in [0.3, 0.4) is 0 Å². The van der Waals surface area contributed by atoms with Crippen molar-refractivity contribution in [1.82, 2.24) is 20.0 Å². The Labute approximate surface area is 87.4 Å². The Morgan fingerprint density at radius 1 is 1.33 bits per heavy atom. The predicted molar refractivity (Wildman–Crippen MR) is 54.6 cm³/mol. The second-order valence-electron chi connectivity index (χ2n) is 3.35. The van der Waals surface area contributed by atoms with Crippen LogP contribution in [-0.2, 0) is 6.61 Å². The highest BCUT2D eigenvalue weighted by atomic mass is 16.3. The first-order valence-corrected chi connectivity index (χ1v) is 4.67. The Kier molecular flexibility index (Phi) is 2.47. The lowest BCUT2D eigenvalue weighted by molar-refractivity contribution is 0.272. The summed E-state index contributed by atoms with van der Waals surface area (Å²) < 4.78 is 1.60. The van der Waals surface area contributed by atoms with Crippen molar-refractivity contribution in [2.45, 2.75) is 20.5 Å². The lowest BCUT2D eigenvalue weighted by atomic mass is 10.3. The molecule has 2 aromatic heterocycles. The van der Waals surface area contributed by atoms with Gasteiger partial charge in [0.15, 0.2) is 0 Å². The Hall–Kier alpha value is -1.75. The highest BCUT2D eigenvalue weighted by Crippen LogP contribution is 2.11. The molecule has 0 unspecified atom stereocenters. The van der Waals surface area contributed by atoms with Gasteiger partial charge in [0.05, 0.1) is 29.9 Å². The summed E-state index contributed by atoms with van der Waals surface area (Å²) in [6.07, 6.45) is 1.71. The number of aliphatic hydroxyl groups is 1. The van der Waals surface area contributed by atoms with E-state index < -0.39 is 0 Å². The fourth-order valence-electron chi connectivity index (χ4n) is 1.35. The zero-order chi connectivity index (χ0) is 10.8. The van der Waals surface area contributed by atoms with Gasteiger partial charge in [-0.2, -0.15) is 0 Å². The second-order valence-corrected chi connectivity index (χ2v) is 3.35. The third kappa shape index (κ3) is 1.73. The first-order chi connectivity index (χ1) is 7.22. The van der Waals surface area contributed by atoms with Gasteiger partial charge in [0.1, 0.15) is 0 Å². The van der Waals surface area contributed by atoms with Crippen molar-refractivity contribution in [1.29, 1.82) is 0 Å². The number of aryl methyl sites for hydroxylation is 2. The minimum Gasteiger partial charge on any atom is -0.390 e. The van der Waals surface area contributed by atoms with Crippen LogP contribution < -0.4 is 0 Å². The van der Waals surface area contributed by atoms with E-state index in [0.29, 0.717) is 5.69 Å². The van der Waals surface area contributed by atoms with Crippen LogP contribution in [0.2, 0.25) is 0 Å². The number of aromatic nitrogens is 4. The standard InChI is InChI=1S/C10H12N4O/c1-7-3-4-9(5-11-7)14-10(6-15)8(2)12-13-14/h3-5,15H,6H2,1-2H3. The van der Waals surface area contributed by atoms with Crippen LogP contribution in [0, 0.1) is 13.8 Å². The lowest BCUT2D eigenvalue weighted by Gasteiger charge is -2.03. The Bertz CT molecular complexity index is 461. The van der Waals surface area contributed by atoms with Gasteiger partial charge in [-0.1, -0.05) is 5.21 Å². The molecule has 2 aromatic rings. The van der Waals surface area contributed by atoms with Gasteiger partial charge in [-0.15, -0.1) is 5.10 Å². The molecule has 15 heavy (non-hydrogen) atoms. The van der Waals surface area contributed by atoms with Gasteiger partial charge in [-0.05, 0) is 26.0 Å². The van der Waals surface area contributed by atoms with Crippen molar-refractivity contribution >= 4 is 0 Å². The fraction of sp³-hybridized carbons (Fsp3) is 0.300. The summed E-state index contributed by atoms with van der Waals surface area (Å²) >= 11 is 0. The molecule has 0 atom stereocenters. The lowest BCUT2D eigenvalue weighted by Crippen LogP contribution is -2.03. The average molecular weight is 204 g/mol. The zero-order valence-electron chi connectivity index (χ0n) is 8.68. The Morgan fingerprint density at radius 2 is 2.13 bits per heavy atom. The van der Waals surface area contributed by atoms with E-state index in [1.807, 2.05) is 26.0 Å². The van der Waals surface area contributed by atoms with Gasteiger partial charge in [0.2, 0.25) is 0 Å². The van der Waals surface area contributed by atoms with E-state index in [4.69, 9.17) is 0 Å². The van der Waals surface area contributed by atoms with E-state index in [9.17, 15) is 5.11 Å². The van der Waals surface area contributed by atoms with Gasteiger partial charge in [0.25, 0.3) is 0 Å². The molecule has 2 rings (SSSR count). The molecule has 5 nitrogen and oxygen atoms in total. The SMILES string of the molecule is Cc1ccc(-n2nnc(C)c2CO)cn1. The van der Waals surface area contributed by atoms with E-state index in [1.54, 1.807) is 10.9 Å². The van der Waals surface area contributed by atoms with Gasteiger partial charge in [-0.25, -0.2) is 4.68 Å². The molecule has 5 heteroatoms. The maximum absolute atomic E-state index is 9.18. The molecule has 2 heterocycles. The Morgan fingerprint density at radius 3 is 2.73 bits per heavy atom. The molecule has 0 aliphatic heterocycles. The number of aliphatic hydroxyl groups excluding tert-OH is 1. The van der Waals surface area contributed by atoms with Gasteiger partial charge in [-0.3, -0.25) is 4.98 Å². The topological polar surface area (TPSA) is 63.8 Å². The van der Waals surface area contributed by atoms with E-state index in [0.717, 1.165) is 17.1 Å². The average Bonchev–Trinajstić information content (AvgIpc) is 2.61. The second kappa shape index (κ2) is 3.78. The predicted octanol–water partition coefficient (Wildman–Crippen LogP) is 0.771. The molecule has 0 radical (unpaired) electrons. The quantitative estimate of drug-likeness (QED) is 0.784. The largest absolute Gasteiger partial charge is 0.390 e. The molecular formula is C10H12N4O. The summed E-state index contributed by atoms with van der Waals surface area (Å²) in [4.78, 5) is 4.17. The smallest absolute Gasteiger partial charge is 0.0929 e. The molecule has 0 saturated heterocycles. The Balaban J connectivity index is 2.49. The van der Waals surface area contributed by atoms with Crippen molar-refractivity contribution < 1.29 is 5.11 Å². The fourth-order valence-corrected chi connectivity index (χ4v) is 1.35. The van der Waals surface area contributed by atoms with Gasteiger partial charge in [0, 0.05) is 5.69 Å². The molecule has 0 saturated carbocycles. The van der Waals surface area contributed by atoms with Crippen LogP contribution in [-0.4, -0.2) is 25.1 Å². The first-order valence-electron chi connectivity index (χ1n) is 4.67. The van der Waals surface area contributed by atoms with Crippen LogP contribution in [0.15, 0.2) is 18.3 Å². The van der Waals surface area contributed by atoms with Crippen molar-refractivity contribution in [3.63, 3.8) is 0 Å². The summed E-state index contributed by atoms with van der Waals surface area (Å²) in [5.74, 6) is 0. The normalized spacial score (nSPS) is 10.6. The highest BCUT2D eigenvalue weighted by Gasteiger charge is 2.09. The van der Waals surface area contributed by atoms with Crippen LogP contribution >= 0.6 is 0 Å².